The molecular formula is C15H21N3. The summed E-state index contributed by atoms with van der Waals surface area (Å²) in [4.78, 5) is 7.79. The van der Waals surface area contributed by atoms with E-state index in [1.165, 1.54) is 16.7 Å². The van der Waals surface area contributed by atoms with Gasteiger partial charge in [-0.1, -0.05) is 17.2 Å². The summed E-state index contributed by atoms with van der Waals surface area (Å²) in [7, 11) is 0. The second-order valence-corrected chi connectivity index (χ2v) is 5.14. The van der Waals surface area contributed by atoms with E-state index in [9.17, 15) is 0 Å². The molecule has 0 spiro atoms. The van der Waals surface area contributed by atoms with Gasteiger partial charge in [-0.05, 0) is 39.3 Å². The zero-order valence-corrected chi connectivity index (χ0v) is 11.3. The number of rotatable bonds is 4. The Hall–Kier alpha value is -1.61. The van der Waals surface area contributed by atoms with E-state index in [0.717, 1.165) is 24.4 Å². The normalized spacial score (nSPS) is 12.7. The molecule has 0 saturated carbocycles. The molecule has 3 N–H and O–H groups in total. The van der Waals surface area contributed by atoms with Crippen LogP contribution in [0, 0.1) is 13.8 Å². The fourth-order valence-corrected chi connectivity index (χ4v) is 2.13. The van der Waals surface area contributed by atoms with Crippen molar-refractivity contribution in [3.63, 3.8) is 0 Å². The number of aromatic nitrogens is 2. The number of H-pyrrole nitrogens is 1. The van der Waals surface area contributed by atoms with Crippen LogP contribution in [0.4, 0.5) is 0 Å². The van der Waals surface area contributed by atoms with Crippen LogP contribution >= 0.6 is 0 Å². The average molecular weight is 243 g/mol. The zero-order chi connectivity index (χ0) is 13.1. The summed E-state index contributed by atoms with van der Waals surface area (Å²) in [5.41, 5.74) is 10.6. The third-order valence-electron chi connectivity index (χ3n) is 3.00. The number of nitrogens with one attached hydrogen (secondary N) is 1. The molecule has 0 aliphatic rings. The van der Waals surface area contributed by atoms with Gasteiger partial charge in [0, 0.05) is 18.0 Å². The lowest BCUT2D eigenvalue weighted by atomic mass is 10.1. The number of hydrogen-bond acceptors (Lipinski definition) is 2. The molecule has 96 valence electrons. The van der Waals surface area contributed by atoms with Crippen LogP contribution in [0.1, 0.15) is 30.3 Å². The van der Waals surface area contributed by atoms with Gasteiger partial charge in [0.15, 0.2) is 0 Å². The first-order chi connectivity index (χ1) is 8.54. The third kappa shape index (κ3) is 3.20. The van der Waals surface area contributed by atoms with Crippen LogP contribution in [0.25, 0.3) is 11.3 Å². The van der Waals surface area contributed by atoms with Crippen molar-refractivity contribution in [2.75, 3.05) is 0 Å². The Labute approximate surface area is 108 Å². The van der Waals surface area contributed by atoms with Crippen LogP contribution in [-0.2, 0) is 6.42 Å². The molecule has 1 aromatic heterocycles. The summed E-state index contributed by atoms with van der Waals surface area (Å²) in [6.45, 7) is 6.25. The quantitative estimate of drug-likeness (QED) is 0.867. The highest BCUT2D eigenvalue weighted by molar-refractivity contribution is 5.60. The van der Waals surface area contributed by atoms with E-state index in [2.05, 4.69) is 42.0 Å². The van der Waals surface area contributed by atoms with Gasteiger partial charge >= 0.3 is 0 Å². The summed E-state index contributed by atoms with van der Waals surface area (Å²) >= 11 is 0. The number of nitrogens with two attached hydrogens (primary N) is 1. The van der Waals surface area contributed by atoms with Crippen molar-refractivity contribution in [1.29, 1.82) is 0 Å². The van der Waals surface area contributed by atoms with Gasteiger partial charge < -0.3 is 10.7 Å². The van der Waals surface area contributed by atoms with Gasteiger partial charge in [-0.15, -0.1) is 0 Å². The smallest absolute Gasteiger partial charge is 0.106 e. The molecular weight excluding hydrogens is 222 g/mol. The van der Waals surface area contributed by atoms with Gasteiger partial charge in [0.25, 0.3) is 0 Å². The van der Waals surface area contributed by atoms with Gasteiger partial charge in [0.05, 0.1) is 11.9 Å². The Balaban J connectivity index is 2.18. The molecule has 2 aromatic rings. The Kier molecular flexibility index (Phi) is 3.82. The summed E-state index contributed by atoms with van der Waals surface area (Å²) in [6.07, 6.45) is 3.77. The highest BCUT2D eigenvalue weighted by Crippen LogP contribution is 2.20. The van der Waals surface area contributed by atoms with Crippen molar-refractivity contribution in [3.05, 3.63) is 41.3 Å². The van der Waals surface area contributed by atoms with Crippen molar-refractivity contribution < 1.29 is 0 Å². The van der Waals surface area contributed by atoms with Crippen LogP contribution in [-0.4, -0.2) is 16.0 Å². The lowest BCUT2D eigenvalue weighted by Gasteiger charge is -2.03. The van der Waals surface area contributed by atoms with E-state index in [1.807, 2.05) is 13.1 Å². The lowest BCUT2D eigenvalue weighted by molar-refractivity contribution is 0.652. The van der Waals surface area contributed by atoms with Crippen molar-refractivity contribution in [3.8, 4) is 11.3 Å². The van der Waals surface area contributed by atoms with Crippen molar-refractivity contribution in [2.45, 2.75) is 39.7 Å². The minimum Gasteiger partial charge on any atom is -0.342 e. The van der Waals surface area contributed by atoms with E-state index in [0.29, 0.717) is 0 Å². The van der Waals surface area contributed by atoms with Crippen LogP contribution in [0.2, 0.25) is 0 Å². The molecule has 1 unspecified atom stereocenters. The molecule has 2 rings (SSSR count). The third-order valence-corrected chi connectivity index (χ3v) is 3.00. The van der Waals surface area contributed by atoms with E-state index in [1.54, 1.807) is 0 Å². The molecule has 18 heavy (non-hydrogen) atoms. The molecule has 0 saturated heterocycles. The molecule has 3 heteroatoms. The first kappa shape index (κ1) is 12.8. The summed E-state index contributed by atoms with van der Waals surface area (Å²) < 4.78 is 0. The van der Waals surface area contributed by atoms with Crippen LogP contribution in [0.15, 0.2) is 24.4 Å². The Morgan fingerprint density at radius 1 is 1.22 bits per heavy atom. The zero-order valence-electron chi connectivity index (χ0n) is 11.3. The van der Waals surface area contributed by atoms with E-state index >= 15 is 0 Å². The van der Waals surface area contributed by atoms with Crippen molar-refractivity contribution in [1.82, 2.24) is 9.97 Å². The predicted octanol–water partition coefficient (Wildman–Crippen LogP) is 2.97. The highest BCUT2D eigenvalue weighted by atomic mass is 14.9. The molecule has 0 radical (unpaired) electrons. The number of aryl methyl sites for hydroxylation is 3. The van der Waals surface area contributed by atoms with Gasteiger partial charge in [-0.3, -0.25) is 0 Å². The number of imidazole rings is 1. The number of hydrogen-bond donors (Lipinski definition) is 2. The average Bonchev–Trinajstić information content (AvgIpc) is 2.73. The second kappa shape index (κ2) is 5.36. The monoisotopic (exact) mass is 243 g/mol. The Morgan fingerprint density at radius 3 is 2.50 bits per heavy atom. The molecule has 1 heterocycles. The van der Waals surface area contributed by atoms with E-state index in [-0.39, 0.29) is 6.04 Å². The fourth-order valence-electron chi connectivity index (χ4n) is 2.13. The van der Waals surface area contributed by atoms with E-state index in [4.69, 9.17) is 5.73 Å². The maximum absolute atomic E-state index is 5.76. The van der Waals surface area contributed by atoms with Crippen molar-refractivity contribution >= 4 is 0 Å². The van der Waals surface area contributed by atoms with Gasteiger partial charge in [0.1, 0.15) is 5.82 Å². The highest BCUT2D eigenvalue weighted by Gasteiger charge is 2.05. The summed E-state index contributed by atoms with van der Waals surface area (Å²) in [5.74, 6) is 1.02. The van der Waals surface area contributed by atoms with Crippen LogP contribution < -0.4 is 5.73 Å². The minimum absolute atomic E-state index is 0.222. The first-order valence-electron chi connectivity index (χ1n) is 6.43. The number of aromatic amines is 1. The van der Waals surface area contributed by atoms with Crippen LogP contribution in [0.3, 0.4) is 0 Å². The lowest BCUT2D eigenvalue weighted by Crippen LogP contribution is -2.15. The summed E-state index contributed by atoms with van der Waals surface area (Å²) in [5, 5.41) is 0. The number of benzene rings is 1. The minimum atomic E-state index is 0.222. The topological polar surface area (TPSA) is 54.7 Å². The Bertz CT molecular complexity index is 506. The SMILES string of the molecule is Cc1cc(C)cc(-c2cnc(CCC(C)N)[nH]2)c1. The predicted molar refractivity (Wildman–Crippen MR) is 75.5 cm³/mol. The summed E-state index contributed by atoms with van der Waals surface area (Å²) in [6, 6.07) is 6.75. The second-order valence-electron chi connectivity index (χ2n) is 5.14. The molecule has 0 aliphatic heterocycles. The standard InChI is InChI=1S/C15H21N3/c1-10-6-11(2)8-13(7-10)14-9-17-15(18-14)5-4-12(3)16/h6-9,12H,4-5,16H2,1-3H3,(H,17,18). The van der Waals surface area contributed by atoms with Gasteiger partial charge in [-0.25, -0.2) is 4.98 Å². The number of nitrogens with zero attached hydrogens (tertiary/aromatic N) is 1. The molecule has 1 aromatic carbocycles. The molecule has 3 nitrogen and oxygen atoms in total. The van der Waals surface area contributed by atoms with Crippen molar-refractivity contribution in [2.24, 2.45) is 5.73 Å². The van der Waals surface area contributed by atoms with Crippen LogP contribution in [0.5, 0.6) is 0 Å². The fraction of sp³-hybridized carbons (Fsp3) is 0.400. The Morgan fingerprint density at radius 2 is 1.89 bits per heavy atom. The first-order valence-corrected chi connectivity index (χ1v) is 6.43. The molecule has 0 amide bonds. The van der Waals surface area contributed by atoms with E-state index < -0.39 is 0 Å². The molecule has 0 bridgehead atoms. The van der Waals surface area contributed by atoms with Gasteiger partial charge in [-0.2, -0.15) is 0 Å². The molecule has 1 atom stereocenters. The molecule has 0 aliphatic carbocycles. The van der Waals surface area contributed by atoms with Gasteiger partial charge in [0.2, 0.25) is 0 Å². The maximum Gasteiger partial charge on any atom is 0.106 e. The molecule has 0 fully saturated rings. The maximum atomic E-state index is 5.76. The largest absolute Gasteiger partial charge is 0.342 e.